The van der Waals surface area contributed by atoms with Crippen molar-refractivity contribution in [3.8, 4) is 0 Å². The molecular weight excluding hydrogens is 346 g/mol. The van der Waals surface area contributed by atoms with Crippen LogP contribution in [0.5, 0.6) is 0 Å². The summed E-state index contributed by atoms with van der Waals surface area (Å²) in [6.07, 6.45) is 1.76. The zero-order valence-electron chi connectivity index (χ0n) is 12.2. The van der Waals surface area contributed by atoms with Crippen molar-refractivity contribution in [3.63, 3.8) is 0 Å². The topological polar surface area (TPSA) is 67.5 Å². The lowest BCUT2D eigenvalue weighted by molar-refractivity contribution is -0.115. The molecule has 0 saturated carbocycles. The molecule has 0 bridgehead atoms. The molecule has 0 aliphatic carbocycles. The van der Waals surface area contributed by atoms with Crippen molar-refractivity contribution >= 4 is 57.6 Å². The van der Waals surface area contributed by atoms with Crippen LogP contribution in [0.2, 0.25) is 5.02 Å². The fraction of sp³-hybridized carbons (Fsp3) is 0. The first-order chi connectivity index (χ1) is 11.7. The number of hydrogen-bond donors (Lipinski definition) is 1. The predicted molar refractivity (Wildman–Crippen MR) is 96.3 cm³/mol. The van der Waals surface area contributed by atoms with Gasteiger partial charge in [0, 0.05) is 5.02 Å². The maximum absolute atomic E-state index is 12.1. The maximum atomic E-state index is 12.1. The van der Waals surface area contributed by atoms with Gasteiger partial charge in [-0.05, 0) is 47.7 Å². The summed E-state index contributed by atoms with van der Waals surface area (Å²) in [6.45, 7) is 0. The third-order valence-electron chi connectivity index (χ3n) is 3.28. The highest BCUT2D eigenvalue weighted by atomic mass is 35.5. The van der Waals surface area contributed by atoms with E-state index < -0.39 is 0 Å². The number of para-hydroxylation sites is 2. The number of aromatic nitrogens is 1. The van der Waals surface area contributed by atoms with Gasteiger partial charge in [-0.3, -0.25) is 4.79 Å². The minimum atomic E-state index is -0.213. The van der Waals surface area contributed by atoms with E-state index in [4.69, 9.17) is 16.0 Å². The maximum Gasteiger partial charge on any atom is 0.325 e. The molecule has 1 N–H and O–H groups in total. The summed E-state index contributed by atoms with van der Waals surface area (Å²) in [7, 11) is 0. The average Bonchev–Trinajstić information content (AvgIpc) is 3.10. The number of carbonyl (C=O) groups is 1. The van der Waals surface area contributed by atoms with Crippen LogP contribution in [0.1, 0.15) is 5.56 Å². The van der Waals surface area contributed by atoms with Gasteiger partial charge in [-0.2, -0.15) is 9.98 Å². The first kappa shape index (κ1) is 15.0. The minimum absolute atomic E-state index is 0.211. The fourth-order valence-electron chi connectivity index (χ4n) is 2.22. The molecule has 1 aliphatic rings. The standard InChI is InChI=1S/C17H10ClN3O2S/c18-11-5-3-4-10(8-11)9-14-15(22)20-17(24-14)21-16-19-12-6-1-2-7-13(12)23-16/h1-9H,(H,19,20,21,22)/b14-9+. The van der Waals surface area contributed by atoms with Crippen LogP contribution in [0.15, 0.2) is 62.8 Å². The number of fused-ring (bicyclic) bond motifs is 1. The Hall–Kier alpha value is -2.57. The molecule has 4 rings (SSSR count). The van der Waals surface area contributed by atoms with Gasteiger partial charge < -0.3 is 9.73 Å². The molecule has 1 fully saturated rings. The van der Waals surface area contributed by atoms with Gasteiger partial charge in [-0.15, -0.1) is 0 Å². The Bertz CT molecular complexity index is 977. The highest BCUT2D eigenvalue weighted by Crippen LogP contribution is 2.29. The lowest BCUT2D eigenvalue weighted by Crippen LogP contribution is -2.19. The van der Waals surface area contributed by atoms with E-state index in [-0.39, 0.29) is 11.9 Å². The number of rotatable bonds is 2. The van der Waals surface area contributed by atoms with Crippen molar-refractivity contribution in [1.82, 2.24) is 10.3 Å². The van der Waals surface area contributed by atoms with Crippen LogP contribution in [0, 0.1) is 0 Å². The Balaban J connectivity index is 1.61. The summed E-state index contributed by atoms with van der Waals surface area (Å²) in [5.41, 5.74) is 2.23. The summed E-state index contributed by atoms with van der Waals surface area (Å²) >= 11 is 7.19. The largest absolute Gasteiger partial charge is 0.422 e. The number of amides is 1. The van der Waals surface area contributed by atoms with Crippen LogP contribution in [-0.2, 0) is 4.79 Å². The van der Waals surface area contributed by atoms with Gasteiger partial charge in [-0.1, -0.05) is 35.9 Å². The second-order valence-electron chi connectivity index (χ2n) is 5.00. The van der Waals surface area contributed by atoms with Gasteiger partial charge in [0.1, 0.15) is 5.52 Å². The summed E-state index contributed by atoms with van der Waals surface area (Å²) in [5.74, 6) is -0.213. The molecule has 3 aromatic rings. The van der Waals surface area contributed by atoms with E-state index in [0.717, 1.165) is 11.1 Å². The molecule has 5 nitrogen and oxygen atoms in total. The van der Waals surface area contributed by atoms with E-state index in [1.165, 1.54) is 11.8 Å². The monoisotopic (exact) mass is 355 g/mol. The number of thioether (sulfide) groups is 1. The SMILES string of the molecule is O=C1N/C(=N\c2nc3ccccc3o2)S/C1=C/c1cccc(Cl)c1. The van der Waals surface area contributed by atoms with Crippen molar-refractivity contribution in [2.45, 2.75) is 0 Å². The van der Waals surface area contributed by atoms with Gasteiger partial charge in [-0.25, -0.2) is 0 Å². The number of halogens is 1. The number of nitrogens with one attached hydrogen (secondary N) is 1. The number of hydrogen-bond acceptors (Lipinski definition) is 5. The summed E-state index contributed by atoms with van der Waals surface area (Å²) < 4.78 is 5.53. The Morgan fingerprint density at radius 1 is 1.21 bits per heavy atom. The first-order valence-electron chi connectivity index (χ1n) is 7.08. The van der Waals surface area contributed by atoms with Crippen molar-refractivity contribution in [3.05, 3.63) is 64.0 Å². The Morgan fingerprint density at radius 2 is 2.08 bits per heavy atom. The summed E-state index contributed by atoms with van der Waals surface area (Å²) in [6, 6.07) is 14.9. The zero-order valence-corrected chi connectivity index (χ0v) is 13.8. The molecule has 0 atom stereocenters. The van der Waals surface area contributed by atoms with Crippen LogP contribution in [-0.4, -0.2) is 16.1 Å². The predicted octanol–water partition coefficient (Wildman–Crippen LogP) is 4.37. The molecule has 2 heterocycles. The number of oxazole rings is 1. The number of carbonyl (C=O) groups excluding carboxylic acids is 1. The van der Waals surface area contributed by atoms with E-state index >= 15 is 0 Å². The van der Waals surface area contributed by atoms with E-state index in [9.17, 15) is 4.79 Å². The molecule has 1 saturated heterocycles. The fourth-order valence-corrected chi connectivity index (χ4v) is 3.24. The molecule has 0 spiro atoms. The molecule has 0 unspecified atom stereocenters. The number of aliphatic imine (C=N–C) groups is 1. The Morgan fingerprint density at radius 3 is 2.92 bits per heavy atom. The van der Waals surface area contributed by atoms with E-state index in [2.05, 4.69) is 15.3 Å². The molecule has 1 aromatic heterocycles. The van der Waals surface area contributed by atoms with Crippen LogP contribution in [0.3, 0.4) is 0 Å². The number of nitrogens with zero attached hydrogens (tertiary/aromatic N) is 2. The second-order valence-corrected chi connectivity index (χ2v) is 6.47. The first-order valence-corrected chi connectivity index (χ1v) is 8.27. The number of amidine groups is 1. The van der Waals surface area contributed by atoms with Crippen LogP contribution in [0.4, 0.5) is 6.01 Å². The van der Waals surface area contributed by atoms with E-state index in [1.807, 2.05) is 36.4 Å². The van der Waals surface area contributed by atoms with Crippen molar-refractivity contribution in [2.24, 2.45) is 4.99 Å². The van der Waals surface area contributed by atoms with Crippen molar-refractivity contribution in [2.75, 3.05) is 0 Å². The smallest absolute Gasteiger partial charge is 0.325 e. The summed E-state index contributed by atoms with van der Waals surface area (Å²) in [5, 5.41) is 3.75. The highest BCUT2D eigenvalue weighted by Gasteiger charge is 2.24. The number of benzene rings is 2. The summed E-state index contributed by atoms with van der Waals surface area (Å²) in [4.78, 5) is 21.1. The molecule has 2 aromatic carbocycles. The van der Waals surface area contributed by atoms with Gasteiger partial charge in [0.2, 0.25) is 0 Å². The van der Waals surface area contributed by atoms with Crippen LogP contribution in [0.25, 0.3) is 17.2 Å². The lowest BCUT2D eigenvalue weighted by atomic mass is 10.2. The molecule has 1 aliphatic heterocycles. The third-order valence-corrected chi connectivity index (χ3v) is 4.42. The van der Waals surface area contributed by atoms with Crippen LogP contribution >= 0.6 is 23.4 Å². The van der Waals surface area contributed by atoms with E-state index in [0.29, 0.717) is 20.7 Å². The second kappa shape index (κ2) is 6.14. The molecule has 0 radical (unpaired) electrons. The third kappa shape index (κ3) is 3.06. The molecule has 118 valence electrons. The lowest BCUT2D eigenvalue weighted by Gasteiger charge is -1.95. The molecule has 24 heavy (non-hydrogen) atoms. The van der Waals surface area contributed by atoms with Crippen molar-refractivity contribution < 1.29 is 9.21 Å². The highest BCUT2D eigenvalue weighted by molar-refractivity contribution is 8.18. The van der Waals surface area contributed by atoms with Gasteiger partial charge >= 0.3 is 6.01 Å². The Labute approximate surface area is 146 Å². The Kier molecular flexibility index (Phi) is 3.84. The minimum Gasteiger partial charge on any atom is -0.422 e. The molecule has 7 heteroatoms. The van der Waals surface area contributed by atoms with Gasteiger partial charge in [0.15, 0.2) is 10.8 Å². The normalized spacial score (nSPS) is 17.8. The quantitative estimate of drug-likeness (QED) is 0.693. The van der Waals surface area contributed by atoms with Gasteiger partial charge in [0.25, 0.3) is 5.91 Å². The molecule has 1 amide bonds. The van der Waals surface area contributed by atoms with Crippen LogP contribution < -0.4 is 5.32 Å². The zero-order chi connectivity index (χ0) is 16.5. The average molecular weight is 356 g/mol. The van der Waals surface area contributed by atoms with E-state index in [1.54, 1.807) is 18.2 Å². The molecular formula is C17H10ClN3O2S. The van der Waals surface area contributed by atoms with Gasteiger partial charge in [0.05, 0.1) is 4.91 Å². The van der Waals surface area contributed by atoms with Crippen molar-refractivity contribution in [1.29, 1.82) is 0 Å².